The molecule has 0 bridgehead atoms. The molecule has 1 aromatic heterocycles. The lowest BCUT2D eigenvalue weighted by atomic mass is 10.1. The fraction of sp³-hybridized carbons (Fsp3) is 0.600. The molecular formula is C10H15N3OS. The molecule has 82 valence electrons. The summed E-state index contributed by atoms with van der Waals surface area (Å²) in [5.74, 6) is 1.91. The van der Waals surface area contributed by atoms with Gasteiger partial charge in [-0.3, -0.25) is 0 Å². The molecule has 0 aliphatic carbocycles. The largest absolute Gasteiger partial charge is 0.389 e. The summed E-state index contributed by atoms with van der Waals surface area (Å²) in [6, 6.07) is 0. The van der Waals surface area contributed by atoms with E-state index in [9.17, 15) is 0 Å². The zero-order valence-corrected chi connectivity index (χ0v) is 10.0. The summed E-state index contributed by atoms with van der Waals surface area (Å²) >= 11 is 1.70. The van der Waals surface area contributed by atoms with Crippen molar-refractivity contribution in [1.82, 2.24) is 9.55 Å². The number of imidazole rings is 1. The third-order valence-corrected chi connectivity index (χ3v) is 3.22. The third-order valence-electron chi connectivity index (χ3n) is 2.26. The van der Waals surface area contributed by atoms with Gasteiger partial charge in [-0.2, -0.15) is 0 Å². The predicted octanol–water partition coefficient (Wildman–Crippen LogP) is 2.17. The van der Waals surface area contributed by atoms with Crippen LogP contribution in [0.5, 0.6) is 0 Å². The second-order valence-electron chi connectivity index (χ2n) is 4.26. The first-order valence-electron chi connectivity index (χ1n) is 4.91. The number of rotatable bonds is 2. The molecule has 0 N–H and O–H groups in total. The van der Waals surface area contributed by atoms with Crippen LogP contribution in [0.2, 0.25) is 0 Å². The zero-order chi connectivity index (χ0) is 10.9. The number of aryl methyl sites for hydroxylation is 1. The van der Waals surface area contributed by atoms with E-state index in [1.807, 2.05) is 37.9 Å². The van der Waals surface area contributed by atoms with Crippen LogP contribution in [0.15, 0.2) is 17.5 Å². The van der Waals surface area contributed by atoms with E-state index in [2.05, 4.69) is 10.1 Å². The predicted molar refractivity (Wildman–Crippen MR) is 61.7 cm³/mol. The Balaban J connectivity index is 1.88. The van der Waals surface area contributed by atoms with Gasteiger partial charge in [-0.15, -0.1) is 0 Å². The van der Waals surface area contributed by atoms with Crippen LogP contribution >= 0.6 is 11.8 Å². The number of nitrogens with zero attached hydrogens (tertiary/aromatic N) is 3. The first-order valence-corrected chi connectivity index (χ1v) is 5.89. The first-order chi connectivity index (χ1) is 7.07. The highest BCUT2D eigenvalue weighted by molar-refractivity contribution is 8.13. The molecule has 0 atom stereocenters. The van der Waals surface area contributed by atoms with Crippen LogP contribution in [-0.2, 0) is 17.6 Å². The van der Waals surface area contributed by atoms with Gasteiger partial charge in [0.2, 0.25) is 0 Å². The van der Waals surface area contributed by atoms with Crippen LogP contribution in [0.4, 0.5) is 0 Å². The van der Waals surface area contributed by atoms with Crippen LogP contribution in [-0.4, -0.2) is 20.2 Å². The minimum atomic E-state index is -0.135. The zero-order valence-electron chi connectivity index (χ0n) is 9.23. The van der Waals surface area contributed by atoms with Gasteiger partial charge in [-0.1, -0.05) is 16.9 Å². The maximum Gasteiger partial charge on any atom is 0.138 e. The van der Waals surface area contributed by atoms with Crippen LogP contribution < -0.4 is 0 Å². The lowest BCUT2D eigenvalue weighted by Crippen LogP contribution is -2.18. The van der Waals surface area contributed by atoms with Crippen molar-refractivity contribution in [1.29, 1.82) is 0 Å². The Bertz CT molecular complexity index is 384. The molecule has 4 nitrogen and oxygen atoms in total. The summed E-state index contributed by atoms with van der Waals surface area (Å²) in [7, 11) is 2.00. The van der Waals surface area contributed by atoms with E-state index < -0.39 is 0 Å². The standard InChI is InChI=1S/C10H15N3OS/c1-10(2)6-9(12-14-10)15-7-8-11-4-5-13(8)3/h4-5H,6-7H2,1-3H3. The van der Waals surface area contributed by atoms with E-state index in [0.29, 0.717) is 0 Å². The second kappa shape index (κ2) is 3.89. The Labute approximate surface area is 93.7 Å². The Morgan fingerprint density at radius 2 is 2.40 bits per heavy atom. The summed E-state index contributed by atoms with van der Waals surface area (Å²) in [4.78, 5) is 9.55. The SMILES string of the molecule is Cn1ccnc1CSC1=NOC(C)(C)C1. The lowest BCUT2D eigenvalue weighted by Gasteiger charge is -2.12. The van der Waals surface area contributed by atoms with E-state index in [0.717, 1.165) is 23.0 Å². The highest BCUT2D eigenvalue weighted by Crippen LogP contribution is 2.28. The molecule has 0 saturated carbocycles. The van der Waals surface area contributed by atoms with Crippen LogP contribution in [0.3, 0.4) is 0 Å². The van der Waals surface area contributed by atoms with Gasteiger partial charge in [-0.05, 0) is 13.8 Å². The van der Waals surface area contributed by atoms with Crippen molar-refractivity contribution in [2.24, 2.45) is 12.2 Å². The Morgan fingerprint density at radius 1 is 1.60 bits per heavy atom. The summed E-state index contributed by atoms with van der Waals surface area (Å²) in [5.41, 5.74) is -0.135. The lowest BCUT2D eigenvalue weighted by molar-refractivity contribution is 0.0123. The van der Waals surface area contributed by atoms with Crippen molar-refractivity contribution in [2.75, 3.05) is 0 Å². The fourth-order valence-electron chi connectivity index (χ4n) is 1.36. The summed E-state index contributed by atoms with van der Waals surface area (Å²) < 4.78 is 2.02. The molecule has 0 radical (unpaired) electrons. The smallest absolute Gasteiger partial charge is 0.138 e. The maximum atomic E-state index is 5.29. The van der Waals surface area contributed by atoms with Gasteiger partial charge in [0, 0.05) is 25.9 Å². The molecule has 1 aliphatic rings. The topological polar surface area (TPSA) is 39.4 Å². The van der Waals surface area contributed by atoms with Crippen LogP contribution in [0, 0.1) is 0 Å². The second-order valence-corrected chi connectivity index (χ2v) is 5.30. The molecule has 5 heteroatoms. The molecule has 1 aliphatic heterocycles. The van der Waals surface area contributed by atoms with Crippen molar-refractivity contribution < 1.29 is 4.84 Å². The van der Waals surface area contributed by atoms with Crippen molar-refractivity contribution >= 4 is 16.8 Å². The highest BCUT2D eigenvalue weighted by Gasteiger charge is 2.29. The average Bonchev–Trinajstić information content (AvgIpc) is 2.69. The molecule has 0 fully saturated rings. The van der Waals surface area contributed by atoms with Crippen molar-refractivity contribution in [3.8, 4) is 0 Å². The van der Waals surface area contributed by atoms with Crippen molar-refractivity contribution in [2.45, 2.75) is 31.6 Å². The Kier molecular flexibility index (Phi) is 2.73. The molecule has 0 aromatic carbocycles. The van der Waals surface area contributed by atoms with Gasteiger partial charge < -0.3 is 9.40 Å². The summed E-state index contributed by atoms with van der Waals surface area (Å²) in [6.07, 6.45) is 4.65. The molecule has 2 heterocycles. The molecule has 0 saturated heterocycles. The molecule has 1 aromatic rings. The number of hydrogen-bond donors (Lipinski definition) is 0. The Hall–Kier alpha value is -0.970. The van der Waals surface area contributed by atoms with Gasteiger partial charge in [0.05, 0.1) is 5.75 Å². The van der Waals surface area contributed by atoms with Crippen molar-refractivity contribution in [3.05, 3.63) is 18.2 Å². The minimum absolute atomic E-state index is 0.135. The van der Waals surface area contributed by atoms with Crippen LogP contribution in [0.1, 0.15) is 26.1 Å². The molecule has 15 heavy (non-hydrogen) atoms. The van der Waals surface area contributed by atoms with Crippen LogP contribution in [0.25, 0.3) is 0 Å². The normalized spacial score (nSPS) is 18.7. The van der Waals surface area contributed by atoms with E-state index in [-0.39, 0.29) is 5.60 Å². The fourth-order valence-corrected chi connectivity index (χ4v) is 2.48. The maximum absolute atomic E-state index is 5.29. The van der Waals surface area contributed by atoms with E-state index in [1.165, 1.54) is 0 Å². The van der Waals surface area contributed by atoms with Crippen molar-refractivity contribution in [3.63, 3.8) is 0 Å². The first kappa shape index (κ1) is 10.5. The van der Waals surface area contributed by atoms with E-state index in [4.69, 9.17) is 4.84 Å². The number of hydrogen-bond acceptors (Lipinski definition) is 4. The number of oxime groups is 1. The summed E-state index contributed by atoms with van der Waals surface area (Å²) in [6.45, 7) is 4.09. The Morgan fingerprint density at radius 3 is 2.93 bits per heavy atom. The van der Waals surface area contributed by atoms with Gasteiger partial charge >= 0.3 is 0 Å². The van der Waals surface area contributed by atoms with Gasteiger partial charge in [-0.25, -0.2) is 4.98 Å². The number of aromatic nitrogens is 2. The molecule has 0 spiro atoms. The summed E-state index contributed by atoms with van der Waals surface area (Å²) in [5, 5.41) is 5.12. The quantitative estimate of drug-likeness (QED) is 0.774. The third kappa shape index (κ3) is 2.53. The van der Waals surface area contributed by atoms with Gasteiger partial charge in [0.15, 0.2) is 0 Å². The molecular weight excluding hydrogens is 210 g/mol. The van der Waals surface area contributed by atoms with Gasteiger partial charge in [0.1, 0.15) is 16.5 Å². The monoisotopic (exact) mass is 225 g/mol. The van der Waals surface area contributed by atoms with Gasteiger partial charge in [0.25, 0.3) is 0 Å². The van der Waals surface area contributed by atoms with E-state index in [1.54, 1.807) is 11.8 Å². The molecule has 0 amide bonds. The number of thioether (sulfide) groups is 1. The van der Waals surface area contributed by atoms with E-state index >= 15 is 0 Å². The minimum Gasteiger partial charge on any atom is -0.389 e. The molecule has 0 unspecified atom stereocenters. The average molecular weight is 225 g/mol. The highest BCUT2D eigenvalue weighted by atomic mass is 32.2. The molecule has 2 rings (SSSR count).